The summed E-state index contributed by atoms with van der Waals surface area (Å²) in [4.78, 5) is 0. The van der Waals surface area contributed by atoms with Crippen LogP contribution in [0.2, 0.25) is 0 Å². The number of benzene rings is 1. The fourth-order valence-electron chi connectivity index (χ4n) is 1.38. The van der Waals surface area contributed by atoms with Crippen LogP contribution in [0, 0.1) is 0 Å². The van der Waals surface area contributed by atoms with Crippen molar-refractivity contribution in [3.63, 3.8) is 0 Å². The predicted molar refractivity (Wildman–Crippen MR) is 59.6 cm³/mol. The number of hydrazine groups is 2. The summed E-state index contributed by atoms with van der Waals surface area (Å²) >= 11 is 0. The third-order valence-electron chi connectivity index (χ3n) is 2.16. The van der Waals surface area contributed by atoms with Gasteiger partial charge in [0.2, 0.25) is 0 Å². The molecule has 15 heavy (non-hydrogen) atoms. The third-order valence-corrected chi connectivity index (χ3v) is 2.16. The van der Waals surface area contributed by atoms with Gasteiger partial charge in [0.25, 0.3) is 0 Å². The van der Waals surface area contributed by atoms with Gasteiger partial charge in [0, 0.05) is 19.5 Å². The molecule has 5 heteroatoms. The van der Waals surface area contributed by atoms with Crippen molar-refractivity contribution in [1.29, 1.82) is 0 Å². The lowest BCUT2D eigenvalue weighted by Gasteiger charge is -2.04. The van der Waals surface area contributed by atoms with Crippen molar-refractivity contribution in [2.45, 2.75) is 13.0 Å². The number of hydrogen-bond donors (Lipinski definition) is 4. The molecule has 1 aliphatic rings. The third kappa shape index (κ3) is 3.23. The average molecular weight is 205 g/mol. The highest BCUT2D eigenvalue weighted by atomic mass is 15.8. The minimum absolute atomic E-state index is 0.882. The second-order valence-electron chi connectivity index (χ2n) is 3.33. The summed E-state index contributed by atoms with van der Waals surface area (Å²) in [6, 6.07) is 10.3. The number of amidine groups is 1. The molecule has 1 heterocycles. The smallest absolute Gasteiger partial charge is 0.140 e. The van der Waals surface area contributed by atoms with Crippen LogP contribution in [-0.4, -0.2) is 12.4 Å². The molecule has 0 aliphatic carbocycles. The number of nitrogens with one attached hydrogen (secondary N) is 4. The summed E-state index contributed by atoms with van der Waals surface area (Å²) in [5.74, 6) is 0.926. The van der Waals surface area contributed by atoms with Crippen LogP contribution < -0.4 is 21.8 Å². The quantitative estimate of drug-likeness (QED) is 0.515. The molecule has 0 saturated heterocycles. The summed E-state index contributed by atoms with van der Waals surface area (Å²) in [5, 5.41) is 7.34. The van der Waals surface area contributed by atoms with Crippen LogP contribution in [0.5, 0.6) is 0 Å². The Balaban J connectivity index is 1.63. The topological polar surface area (TPSA) is 60.5 Å². The first-order valence-corrected chi connectivity index (χ1v) is 5.02. The molecule has 0 saturated carbocycles. The fraction of sp³-hybridized carbons (Fsp3) is 0.300. The Labute approximate surface area is 88.9 Å². The first-order chi connectivity index (χ1) is 7.45. The minimum Gasteiger partial charge on any atom is -0.312 e. The van der Waals surface area contributed by atoms with Crippen molar-refractivity contribution in [3.8, 4) is 0 Å². The molecule has 80 valence electrons. The van der Waals surface area contributed by atoms with E-state index in [9.17, 15) is 0 Å². The minimum atomic E-state index is 0.882. The molecule has 0 radical (unpaired) electrons. The van der Waals surface area contributed by atoms with Crippen LogP contribution in [0.1, 0.15) is 12.0 Å². The van der Waals surface area contributed by atoms with Crippen molar-refractivity contribution >= 4 is 5.84 Å². The molecule has 5 nitrogen and oxygen atoms in total. The van der Waals surface area contributed by atoms with E-state index in [4.69, 9.17) is 0 Å². The molecule has 1 aromatic carbocycles. The van der Waals surface area contributed by atoms with Crippen molar-refractivity contribution in [3.05, 3.63) is 35.9 Å². The van der Waals surface area contributed by atoms with Gasteiger partial charge in [-0.15, -0.1) is 10.6 Å². The summed E-state index contributed by atoms with van der Waals surface area (Å²) in [6.07, 6.45) is 0.882. The van der Waals surface area contributed by atoms with E-state index in [0.29, 0.717) is 0 Å². The predicted octanol–water partition coefficient (Wildman–Crippen LogP) is 0.0922. The van der Waals surface area contributed by atoms with Gasteiger partial charge in [0.15, 0.2) is 0 Å². The van der Waals surface area contributed by atoms with Crippen LogP contribution in [0.4, 0.5) is 0 Å². The monoisotopic (exact) mass is 205 g/mol. The maximum Gasteiger partial charge on any atom is 0.140 e. The number of hydrazone groups is 1. The van der Waals surface area contributed by atoms with Crippen LogP contribution in [0.3, 0.4) is 0 Å². The number of rotatable bonds is 5. The molecule has 2 rings (SSSR count). The van der Waals surface area contributed by atoms with Crippen molar-refractivity contribution in [2.24, 2.45) is 5.10 Å². The van der Waals surface area contributed by atoms with Gasteiger partial charge in [0.1, 0.15) is 5.84 Å². The number of nitrogens with zero attached hydrogens (tertiary/aromatic N) is 1. The van der Waals surface area contributed by atoms with Gasteiger partial charge in [-0.1, -0.05) is 30.3 Å². The van der Waals surface area contributed by atoms with Gasteiger partial charge in [-0.25, -0.2) is 5.53 Å². The summed E-state index contributed by atoms with van der Waals surface area (Å²) in [5.41, 5.74) is 9.53. The lowest BCUT2D eigenvalue weighted by Crippen LogP contribution is -2.35. The Morgan fingerprint density at radius 1 is 1.20 bits per heavy atom. The molecule has 0 bridgehead atoms. The molecule has 0 fully saturated rings. The van der Waals surface area contributed by atoms with E-state index < -0.39 is 0 Å². The van der Waals surface area contributed by atoms with E-state index in [0.717, 1.165) is 25.3 Å². The molecular weight excluding hydrogens is 190 g/mol. The summed E-state index contributed by atoms with van der Waals surface area (Å²) < 4.78 is 0. The zero-order valence-corrected chi connectivity index (χ0v) is 8.46. The molecule has 0 aromatic heterocycles. The zero-order chi connectivity index (χ0) is 10.3. The molecule has 0 unspecified atom stereocenters. The normalized spacial score (nSPS) is 14.3. The average Bonchev–Trinajstić information content (AvgIpc) is 2.79. The van der Waals surface area contributed by atoms with Gasteiger partial charge in [-0.3, -0.25) is 5.43 Å². The first kappa shape index (κ1) is 9.95. The maximum atomic E-state index is 3.98. The SMILES string of the molecule is c1ccc(CNCCC2=NNNN2)cc1. The van der Waals surface area contributed by atoms with Crippen molar-refractivity contribution in [2.75, 3.05) is 6.54 Å². The molecular formula is C10H15N5. The highest BCUT2D eigenvalue weighted by Gasteiger charge is 2.02. The standard InChI is InChI=1S/C10H15N5/c1-2-4-9(5-3-1)8-11-7-6-10-12-14-15-13-10/h1-5,11,14-15H,6-8H2,(H,12,13). The van der Waals surface area contributed by atoms with E-state index in [-0.39, 0.29) is 0 Å². The number of hydrogen-bond acceptors (Lipinski definition) is 5. The Morgan fingerprint density at radius 3 is 2.80 bits per heavy atom. The Hall–Kier alpha value is -1.59. The Bertz CT molecular complexity index is 322. The highest BCUT2D eigenvalue weighted by molar-refractivity contribution is 5.82. The van der Waals surface area contributed by atoms with Gasteiger partial charge in [-0.05, 0) is 5.56 Å². The van der Waals surface area contributed by atoms with Gasteiger partial charge in [-0.2, -0.15) is 0 Å². The molecule has 4 N–H and O–H groups in total. The largest absolute Gasteiger partial charge is 0.312 e. The van der Waals surface area contributed by atoms with E-state index in [1.54, 1.807) is 0 Å². The second-order valence-corrected chi connectivity index (χ2v) is 3.33. The zero-order valence-electron chi connectivity index (χ0n) is 8.46. The van der Waals surface area contributed by atoms with Gasteiger partial charge < -0.3 is 5.32 Å². The van der Waals surface area contributed by atoms with E-state index in [2.05, 4.69) is 39.0 Å². The lowest BCUT2D eigenvalue weighted by atomic mass is 10.2. The molecule has 1 aliphatic heterocycles. The molecule has 1 aromatic rings. The fourth-order valence-corrected chi connectivity index (χ4v) is 1.38. The van der Waals surface area contributed by atoms with Crippen molar-refractivity contribution < 1.29 is 0 Å². The van der Waals surface area contributed by atoms with Gasteiger partial charge in [0.05, 0.1) is 0 Å². The molecule has 0 amide bonds. The van der Waals surface area contributed by atoms with Gasteiger partial charge >= 0.3 is 0 Å². The van der Waals surface area contributed by atoms with Crippen LogP contribution >= 0.6 is 0 Å². The second kappa shape index (κ2) is 5.33. The van der Waals surface area contributed by atoms with Crippen LogP contribution in [0.15, 0.2) is 35.4 Å². The summed E-state index contributed by atoms with van der Waals surface area (Å²) in [7, 11) is 0. The van der Waals surface area contributed by atoms with E-state index >= 15 is 0 Å². The Morgan fingerprint density at radius 2 is 2.07 bits per heavy atom. The van der Waals surface area contributed by atoms with E-state index in [1.807, 2.05) is 18.2 Å². The molecule has 0 atom stereocenters. The van der Waals surface area contributed by atoms with Crippen LogP contribution in [0.25, 0.3) is 0 Å². The van der Waals surface area contributed by atoms with Crippen molar-refractivity contribution in [1.82, 2.24) is 21.8 Å². The van der Waals surface area contributed by atoms with E-state index in [1.165, 1.54) is 5.56 Å². The highest BCUT2D eigenvalue weighted by Crippen LogP contribution is 1.97. The summed E-state index contributed by atoms with van der Waals surface area (Å²) in [6.45, 7) is 1.80. The van der Waals surface area contributed by atoms with Crippen LogP contribution in [-0.2, 0) is 6.54 Å². The molecule has 0 spiro atoms. The maximum absolute atomic E-state index is 3.98. The first-order valence-electron chi connectivity index (χ1n) is 5.02. The lowest BCUT2D eigenvalue weighted by molar-refractivity contribution is 0.575. The Kier molecular flexibility index (Phi) is 3.53.